The Morgan fingerprint density at radius 3 is 2.72 bits per heavy atom. The van der Waals surface area contributed by atoms with Crippen molar-refractivity contribution in [3.63, 3.8) is 0 Å². The van der Waals surface area contributed by atoms with Crippen LogP contribution in [0.2, 0.25) is 0 Å². The van der Waals surface area contributed by atoms with Crippen LogP contribution >= 0.6 is 0 Å². The molecule has 1 aromatic carbocycles. The fraction of sp³-hybridized carbons (Fsp3) is 0.520. The van der Waals surface area contributed by atoms with Crippen LogP contribution < -0.4 is 10.1 Å². The van der Waals surface area contributed by atoms with E-state index in [1.807, 2.05) is 6.07 Å². The van der Waals surface area contributed by atoms with Crippen LogP contribution in [0.1, 0.15) is 43.9 Å². The Bertz CT molecular complexity index is 1030. The highest BCUT2D eigenvalue weighted by atomic mass is 19.1. The summed E-state index contributed by atoms with van der Waals surface area (Å²) in [5.41, 5.74) is 2.83. The summed E-state index contributed by atoms with van der Waals surface area (Å²) in [6.45, 7) is 7.20. The van der Waals surface area contributed by atoms with E-state index in [1.165, 1.54) is 0 Å². The number of hydrogen-bond acceptors (Lipinski definition) is 5. The molecule has 3 aliphatic heterocycles. The van der Waals surface area contributed by atoms with Gasteiger partial charge < -0.3 is 14.8 Å². The van der Waals surface area contributed by atoms with E-state index in [-0.39, 0.29) is 23.4 Å². The van der Waals surface area contributed by atoms with E-state index in [4.69, 9.17) is 9.47 Å². The van der Waals surface area contributed by atoms with Crippen molar-refractivity contribution in [1.29, 1.82) is 0 Å². The zero-order valence-electron chi connectivity index (χ0n) is 18.9. The van der Waals surface area contributed by atoms with Gasteiger partial charge in [-0.15, -0.1) is 0 Å². The predicted molar refractivity (Wildman–Crippen MR) is 119 cm³/mol. The molecule has 2 bridgehead atoms. The molecule has 4 aliphatic rings. The smallest absolute Gasteiger partial charge is 0.407 e. The molecule has 1 aromatic heterocycles. The molecule has 4 heterocycles. The van der Waals surface area contributed by atoms with Gasteiger partial charge in [-0.05, 0) is 78.6 Å². The molecule has 2 atom stereocenters. The second kappa shape index (κ2) is 8.03. The third-order valence-corrected chi connectivity index (χ3v) is 7.34. The highest BCUT2D eigenvalue weighted by molar-refractivity contribution is 5.70. The molecular weight excluding hydrogens is 409 g/mol. The van der Waals surface area contributed by atoms with Crippen LogP contribution in [-0.4, -0.2) is 48.8 Å². The molecule has 32 heavy (non-hydrogen) atoms. The Morgan fingerprint density at radius 1 is 1.25 bits per heavy atom. The molecule has 2 aromatic rings. The maximum Gasteiger partial charge on any atom is 0.407 e. The van der Waals surface area contributed by atoms with E-state index in [2.05, 4.69) is 29.0 Å². The molecule has 0 saturated carbocycles. The number of rotatable bonds is 4. The van der Waals surface area contributed by atoms with Gasteiger partial charge in [0.15, 0.2) is 0 Å². The number of alkyl carbamates (subject to hydrolysis) is 1. The summed E-state index contributed by atoms with van der Waals surface area (Å²) in [6, 6.07) is 6.65. The molecule has 7 heteroatoms. The fourth-order valence-electron chi connectivity index (χ4n) is 5.59. The number of fused-ring (bicyclic) bond motifs is 4. The summed E-state index contributed by atoms with van der Waals surface area (Å²) in [5, 5.41) is 3.06. The summed E-state index contributed by atoms with van der Waals surface area (Å²) < 4.78 is 26.2. The van der Waals surface area contributed by atoms with Crippen LogP contribution in [0, 0.1) is 17.2 Å². The molecule has 3 saturated heterocycles. The van der Waals surface area contributed by atoms with E-state index in [1.54, 1.807) is 31.5 Å². The summed E-state index contributed by atoms with van der Waals surface area (Å²) >= 11 is 0. The molecule has 0 spiro atoms. The second-order valence-electron chi connectivity index (χ2n) is 9.94. The van der Waals surface area contributed by atoms with E-state index < -0.39 is 6.09 Å². The number of benzene rings is 1. The zero-order valence-corrected chi connectivity index (χ0v) is 18.9. The van der Waals surface area contributed by atoms with E-state index in [0.717, 1.165) is 50.0 Å². The number of nitrogens with zero attached hydrogens (tertiary/aromatic N) is 2. The van der Waals surface area contributed by atoms with Crippen molar-refractivity contribution in [2.45, 2.75) is 45.3 Å². The van der Waals surface area contributed by atoms with Crippen LogP contribution in [0.15, 0.2) is 30.5 Å². The average molecular weight is 440 g/mol. The van der Waals surface area contributed by atoms with Crippen LogP contribution in [0.4, 0.5) is 9.18 Å². The van der Waals surface area contributed by atoms with E-state index in [0.29, 0.717) is 22.9 Å². The topological polar surface area (TPSA) is 63.7 Å². The maximum absolute atomic E-state index is 15.2. The second-order valence-corrected chi connectivity index (χ2v) is 9.94. The third-order valence-electron chi connectivity index (χ3n) is 7.34. The molecule has 170 valence electrons. The Balaban J connectivity index is 1.37. The zero-order chi connectivity index (χ0) is 22.5. The van der Waals surface area contributed by atoms with Crippen molar-refractivity contribution in [3.05, 3.63) is 47.4 Å². The van der Waals surface area contributed by atoms with Gasteiger partial charge in [0, 0.05) is 24.4 Å². The third kappa shape index (κ3) is 3.83. The first-order valence-electron chi connectivity index (χ1n) is 11.4. The van der Waals surface area contributed by atoms with Crippen molar-refractivity contribution in [2.75, 3.05) is 26.7 Å². The van der Waals surface area contributed by atoms with Crippen molar-refractivity contribution in [2.24, 2.45) is 11.3 Å². The molecule has 3 fully saturated rings. The number of aromatic nitrogens is 1. The number of hydrogen-bond donors (Lipinski definition) is 1. The average Bonchev–Trinajstić information content (AvgIpc) is 3.03. The van der Waals surface area contributed by atoms with Gasteiger partial charge in [-0.1, -0.05) is 13.8 Å². The van der Waals surface area contributed by atoms with Gasteiger partial charge in [-0.25, -0.2) is 14.2 Å². The number of pyridine rings is 1. The van der Waals surface area contributed by atoms with Crippen LogP contribution in [0.3, 0.4) is 0 Å². The lowest BCUT2D eigenvalue weighted by molar-refractivity contribution is -0.0349. The van der Waals surface area contributed by atoms with E-state index >= 15 is 4.39 Å². The molecule has 6 nitrogen and oxygen atoms in total. The van der Waals surface area contributed by atoms with Crippen LogP contribution in [-0.2, 0) is 11.2 Å². The Labute approximate surface area is 188 Å². The molecule has 0 radical (unpaired) electrons. The van der Waals surface area contributed by atoms with Gasteiger partial charge in [0.05, 0.1) is 13.2 Å². The molecule has 6 rings (SSSR count). The van der Waals surface area contributed by atoms with Gasteiger partial charge in [-0.3, -0.25) is 4.90 Å². The monoisotopic (exact) mass is 439 g/mol. The molecule has 1 aliphatic carbocycles. The Morgan fingerprint density at radius 2 is 2.03 bits per heavy atom. The minimum absolute atomic E-state index is 0.0535. The number of carbonyl (C=O) groups is 1. The minimum atomic E-state index is -0.405. The largest absolute Gasteiger partial charge is 0.481 e. The first-order valence-corrected chi connectivity index (χ1v) is 11.4. The van der Waals surface area contributed by atoms with Gasteiger partial charge in [0.2, 0.25) is 5.88 Å². The lowest BCUT2D eigenvalue weighted by Crippen LogP contribution is -2.53. The van der Waals surface area contributed by atoms with Crippen LogP contribution in [0.5, 0.6) is 5.88 Å². The Hall–Kier alpha value is -2.67. The number of piperidine rings is 3. The van der Waals surface area contributed by atoms with Gasteiger partial charge in [0.1, 0.15) is 11.9 Å². The van der Waals surface area contributed by atoms with Gasteiger partial charge in [0.25, 0.3) is 0 Å². The molecule has 1 N–H and O–H groups in total. The highest BCUT2D eigenvalue weighted by Crippen LogP contribution is 2.47. The quantitative estimate of drug-likeness (QED) is 0.768. The number of carbonyl (C=O) groups excluding carboxylic acids is 1. The standard InChI is InChI=1S/C25H30FN3O3/c1-25(2)13-17-10-18(16-4-7-27-22(11-16)31-3)20(26)12-19(17)23(25)28-24(30)32-21-14-29-8-5-15(21)6-9-29/h4,7,10-12,15,21,23H,5-6,8-9,13-14H2,1-3H3,(H,28,30)/t21-,23?/m1/s1. The summed E-state index contributed by atoms with van der Waals surface area (Å²) in [6.07, 6.45) is 4.06. The highest BCUT2D eigenvalue weighted by Gasteiger charge is 2.42. The first-order chi connectivity index (χ1) is 15.3. The number of halogens is 1. The SMILES string of the molecule is COc1cc(-c2cc3c(cc2F)C(NC(=O)O[C@@H]2CN4CCC2CC4)C(C)(C)C3)ccn1. The molecule has 1 amide bonds. The predicted octanol–water partition coefficient (Wildman–Crippen LogP) is 4.34. The number of ether oxygens (including phenoxy) is 2. The summed E-state index contributed by atoms with van der Waals surface area (Å²) in [5.74, 6) is 0.567. The number of methoxy groups -OCH3 is 1. The fourth-order valence-corrected chi connectivity index (χ4v) is 5.59. The van der Waals surface area contributed by atoms with E-state index in [9.17, 15) is 4.79 Å². The van der Waals surface area contributed by atoms with Gasteiger partial charge in [-0.2, -0.15) is 0 Å². The summed E-state index contributed by atoms with van der Waals surface area (Å²) in [4.78, 5) is 19.3. The van der Waals surface area contributed by atoms with Crippen molar-refractivity contribution in [1.82, 2.24) is 15.2 Å². The normalized spacial score (nSPS) is 27.6. The first kappa shape index (κ1) is 21.2. The Kier molecular flexibility index (Phi) is 5.32. The van der Waals surface area contributed by atoms with Crippen molar-refractivity contribution >= 4 is 6.09 Å². The van der Waals surface area contributed by atoms with Crippen LogP contribution in [0.25, 0.3) is 11.1 Å². The maximum atomic E-state index is 15.2. The molecule has 1 unspecified atom stereocenters. The number of nitrogens with one attached hydrogen (secondary N) is 1. The molecular formula is C25H30FN3O3. The summed E-state index contributed by atoms with van der Waals surface area (Å²) in [7, 11) is 1.54. The lowest BCUT2D eigenvalue weighted by Gasteiger charge is -2.44. The minimum Gasteiger partial charge on any atom is -0.481 e. The van der Waals surface area contributed by atoms with Gasteiger partial charge >= 0.3 is 6.09 Å². The lowest BCUT2D eigenvalue weighted by atomic mass is 9.85. The number of amides is 1. The van der Waals surface area contributed by atoms with Crippen molar-refractivity contribution in [3.8, 4) is 17.0 Å². The van der Waals surface area contributed by atoms with Crippen molar-refractivity contribution < 1.29 is 18.7 Å².